The highest BCUT2D eigenvalue weighted by Gasteiger charge is 2.12. The fraction of sp³-hybridized carbons (Fsp3) is 0.0588. The van der Waals surface area contributed by atoms with E-state index in [0.29, 0.717) is 17.7 Å². The van der Waals surface area contributed by atoms with Crippen LogP contribution in [0.4, 0.5) is 8.78 Å². The summed E-state index contributed by atoms with van der Waals surface area (Å²) in [6, 6.07) is 17.4. The van der Waals surface area contributed by atoms with Gasteiger partial charge >= 0.3 is 0 Å². The number of rotatable bonds is 3. The Hall–Kier alpha value is -2.42. The van der Waals surface area contributed by atoms with E-state index < -0.39 is 11.6 Å². The van der Waals surface area contributed by atoms with Crippen molar-refractivity contribution >= 4 is 10.8 Å². The molecule has 0 unspecified atom stereocenters. The molecule has 0 saturated heterocycles. The third-order valence-electron chi connectivity index (χ3n) is 3.13. The number of fused-ring (bicyclic) bond motifs is 1. The van der Waals surface area contributed by atoms with E-state index in [1.54, 1.807) is 24.3 Å². The smallest absolute Gasteiger partial charge is 0.170 e. The first-order chi connectivity index (χ1) is 9.75. The maximum atomic E-state index is 13.9. The Balaban J connectivity index is 1.97. The summed E-state index contributed by atoms with van der Waals surface area (Å²) in [7, 11) is 0. The van der Waals surface area contributed by atoms with E-state index in [-0.39, 0.29) is 5.39 Å². The second kappa shape index (κ2) is 5.29. The predicted molar refractivity (Wildman–Crippen MR) is 74.6 cm³/mol. The largest absolute Gasteiger partial charge is 0.488 e. The van der Waals surface area contributed by atoms with Crippen molar-refractivity contribution in [3.8, 4) is 5.75 Å². The summed E-state index contributed by atoms with van der Waals surface area (Å²) in [5.74, 6) is -1.39. The molecule has 20 heavy (non-hydrogen) atoms. The van der Waals surface area contributed by atoms with Crippen LogP contribution in [0, 0.1) is 11.6 Å². The Morgan fingerprint density at radius 2 is 1.60 bits per heavy atom. The zero-order chi connectivity index (χ0) is 13.9. The monoisotopic (exact) mass is 270 g/mol. The lowest BCUT2D eigenvalue weighted by molar-refractivity contribution is 0.309. The Morgan fingerprint density at radius 3 is 2.40 bits per heavy atom. The lowest BCUT2D eigenvalue weighted by Gasteiger charge is -2.10. The molecular weight excluding hydrogens is 258 g/mol. The minimum atomic E-state index is -0.869. The standard InChI is InChI=1S/C17H12F2O/c18-14-10-9-13-7-4-8-15(16(13)17(14)19)20-11-12-5-2-1-3-6-12/h1-10H,11H2. The van der Waals surface area contributed by atoms with Gasteiger partial charge in [-0.3, -0.25) is 0 Å². The van der Waals surface area contributed by atoms with Gasteiger partial charge in [0.2, 0.25) is 0 Å². The van der Waals surface area contributed by atoms with E-state index in [1.807, 2.05) is 30.3 Å². The number of benzene rings is 3. The Bertz CT molecular complexity index is 739. The van der Waals surface area contributed by atoms with Gasteiger partial charge < -0.3 is 4.74 Å². The van der Waals surface area contributed by atoms with Gasteiger partial charge in [0, 0.05) is 0 Å². The molecule has 0 N–H and O–H groups in total. The van der Waals surface area contributed by atoms with Crippen molar-refractivity contribution in [2.45, 2.75) is 6.61 Å². The van der Waals surface area contributed by atoms with Gasteiger partial charge in [-0.05, 0) is 23.1 Å². The topological polar surface area (TPSA) is 9.23 Å². The van der Waals surface area contributed by atoms with Gasteiger partial charge in [0.05, 0.1) is 5.39 Å². The highest BCUT2D eigenvalue weighted by atomic mass is 19.2. The van der Waals surface area contributed by atoms with Crippen molar-refractivity contribution in [3.05, 3.63) is 77.9 Å². The second-order valence-electron chi connectivity index (χ2n) is 4.49. The summed E-state index contributed by atoms with van der Waals surface area (Å²) in [5, 5.41) is 0.804. The first-order valence-electron chi connectivity index (χ1n) is 6.29. The van der Waals surface area contributed by atoms with Crippen LogP contribution in [0.15, 0.2) is 60.7 Å². The molecule has 0 aliphatic rings. The molecule has 0 fully saturated rings. The van der Waals surface area contributed by atoms with Gasteiger partial charge in [-0.25, -0.2) is 8.78 Å². The first-order valence-corrected chi connectivity index (χ1v) is 6.29. The van der Waals surface area contributed by atoms with Crippen LogP contribution in [0.3, 0.4) is 0 Å². The van der Waals surface area contributed by atoms with Crippen LogP contribution < -0.4 is 4.74 Å². The average molecular weight is 270 g/mol. The molecule has 0 radical (unpaired) electrons. The predicted octanol–water partition coefficient (Wildman–Crippen LogP) is 4.70. The molecular formula is C17H12F2O. The quantitative estimate of drug-likeness (QED) is 0.670. The Morgan fingerprint density at radius 1 is 0.800 bits per heavy atom. The van der Waals surface area contributed by atoms with Crippen molar-refractivity contribution in [2.24, 2.45) is 0 Å². The van der Waals surface area contributed by atoms with Crippen molar-refractivity contribution in [1.29, 1.82) is 0 Å². The summed E-state index contributed by atoms with van der Waals surface area (Å²) in [6.07, 6.45) is 0. The van der Waals surface area contributed by atoms with Gasteiger partial charge in [-0.2, -0.15) is 0 Å². The van der Waals surface area contributed by atoms with E-state index in [0.717, 1.165) is 11.6 Å². The zero-order valence-corrected chi connectivity index (χ0v) is 10.6. The Labute approximate surface area is 115 Å². The molecule has 0 amide bonds. The van der Waals surface area contributed by atoms with Crippen molar-refractivity contribution < 1.29 is 13.5 Å². The van der Waals surface area contributed by atoms with E-state index in [4.69, 9.17) is 4.74 Å². The minimum absolute atomic E-state index is 0.184. The van der Waals surface area contributed by atoms with Gasteiger partial charge in [0.15, 0.2) is 11.6 Å². The van der Waals surface area contributed by atoms with Crippen LogP contribution in [0.25, 0.3) is 10.8 Å². The molecule has 0 spiro atoms. The lowest BCUT2D eigenvalue weighted by Crippen LogP contribution is -1.97. The molecule has 0 aliphatic heterocycles. The SMILES string of the molecule is Fc1ccc2cccc(OCc3ccccc3)c2c1F. The number of hydrogen-bond acceptors (Lipinski definition) is 1. The van der Waals surface area contributed by atoms with Gasteiger partial charge in [-0.15, -0.1) is 0 Å². The third kappa shape index (κ3) is 2.35. The fourth-order valence-electron chi connectivity index (χ4n) is 2.13. The highest BCUT2D eigenvalue weighted by molar-refractivity contribution is 5.88. The number of halogens is 2. The van der Waals surface area contributed by atoms with Gasteiger partial charge in [-0.1, -0.05) is 48.5 Å². The van der Waals surface area contributed by atoms with Crippen molar-refractivity contribution in [1.82, 2.24) is 0 Å². The zero-order valence-electron chi connectivity index (χ0n) is 10.6. The highest BCUT2D eigenvalue weighted by Crippen LogP contribution is 2.30. The summed E-state index contributed by atoms with van der Waals surface area (Å²) in [6.45, 7) is 0.315. The van der Waals surface area contributed by atoms with Crippen LogP contribution in [0.2, 0.25) is 0 Å². The summed E-state index contributed by atoms with van der Waals surface area (Å²) >= 11 is 0. The van der Waals surface area contributed by atoms with Crippen LogP contribution in [0.1, 0.15) is 5.56 Å². The molecule has 0 bridgehead atoms. The normalized spacial score (nSPS) is 10.7. The van der Waals surface area contributed by atoms with E-state index >= 15 is 0 Å². The van der Waals surface area contributed by atoms with E-state index in [2.05, 4.69) is 0 Å². The van der Waals surface area contributed by atoms with Crippen LogP contribution in [0.5, 0.6) is 5.75 Å². The summed E-state index contributed by atoms with van der Waals surface area (Å²) in [5.41, 5.74) is 0.973. The van der Waals surface area contributed by atoms with Crippen LogP contribution >= 0.6 is 0 Å². The first kappa shape index (κ1) is 12.6. The second-order valence-corrected chi connectivity index (χ2v) is 4.49. The third-order valence-corrected chi connectivity index (χ3v) is 3.13. The molecule has 0 heterocycles. The number of ether oxygens (including phenoxy) is 1. The molecule has 3 heteroatoms. The van der Waals surface area contributed by atoms with Crippen molar-refractivity contribution in [2.75, 3.05) is 0 Å². The summed E-state index contributed by atoms with van der Waals surface area (Å²) in [4.78, 5) is 0. The Kier molecular flexibility index (Phi) is 3.33. The molecule has 1 nitrogen and oxygen atoms in total. The molecule has 0 atom stereocenters. The molecule has 0 saturated carbocycles. The number of hydrogen-bond donors (Lipinski definition) is 0. The molecule has 3 aromatic carbocycles. The summed E-state index contributed by atoms with van der Waals surface area (Å²) < 4.78 is 32.9. The molecule has 3 aromatic rings. The van der Waals surface area contributed by atoms with Crippen LogP contribution in [-0.4, -0.2) is 0 Å². The maximum Gasteiger partial charge on any atom is 0.170 e. The maximum absolute atomic E-state index is 13.9. The molecule has 100 valence electrons. The lowest BCUT2D eigenvalue weighted by atomic mass is 10.1. The van der Waals surface area contributed by atoms with Gasteiger partial charge in [0.1, 0.15) is 12.4 Å². The molecule has 0 aliphatic carbocycles. The fourth-order valence-corrected chi connectivity index (χ4v) is 2.13. The molecule has 0 aromatic heterocycles. The van der Waals surface area contributed by atoms with E-state index in [1.165, 1.54) is 0 Å². The van der Waals surface area contributed by atoms with Crippen molar-refractivity contribution in [3.63, 3.8) is 0 Å². The van der Waals surface area contributed by atoms with Gasteiger partial charge in [0.25, 0.3) is 0 Å². The van der Waals surface area contributed by atoms with Crippen LogP contribution in [-0.2, 0) is 6.61 Å². The average Bonchev–Trinajstić information content (AvgIpc) is 2.50. The van der Waals surface area contributed by atoms with E-state index in [9.17, 15) is 8.78 Å². The minimum Gasteiger partial charge on any atom is -0.488 e. The molecule has 3 rings (SSSR count).